The molecule has 0 bridgehead atoms. The summed E-state index contributed by atoms with van der Waals surface area (Å²) < 4.78 is 0. The van der Waals surface area contributed by atoms with Crippen LogP contribution in [0, 0.1) is 0 Å². The summed E-state index contributed by atoms with van der Waals surface area (Å²) in [5.41, 5.74) is 10.6. The van der Waals surface area contributed by atoms with Crippen molar-refractivity contribution >= 4 is 28.3 Å². The molecule has 0 atom stereocenters. The van der Waals surface area contributed by atoms with Gasteiger partial charge in [0.1, 0.15) is 5.82 Å². The minimum Gasteiger partial charge on any atom is -0.398 e. The van der Waals surface area contributed by atoms with Gasteiger partial charge in [-0.2, -0.15) is 0 Å². The summed E-state index contributed by atoms with van der Waals surface area (Å²) >= 11 is 5.93. The van der Waals surface area contributed by atoms with Gasteiger partial charge in [-0.1, -0.05) is 24.6 Å². The van der Waals surface area contributed by atoms with Crippen LogP contribution in [0.2, 0.25) is 5.02 Å². The number of nitrogens with one attached hydrogen (secondary N) is 1. The molecule has 0 aliphatic rings. The van der Waals surface area contributed by atoms with Crippen molar-refractivity contribution in [2.75, 3.05) is 5.73 Å². The Morgan fingerprint density at radius 2 is 2.05 bits per heavy atom. The van der Waals surface area contributed by atoms with Gasteiger partial charge in [0.2, 0.25) is 0 Å². The Morgan fingerprint density at radius 1 is 1.21 bits per heavy atom. The van der Waals surface area contributed by atoms with E-state index < -0.39 is 0 Å². The summed E-state index contributed by atoms with van der Waals surface area (Å²) in [5.74, 6) is 0.812. The molecule has 0 fully saturated rings. The van der Waals surface area contributed by atoms with Crippen LogP contribution in [0.3, 0.4) is 0 Å². The fourth-order valence-corrected chi connectivity index (χ4v) is 2.22. The summed E-state index contributed by atoms with van der Waals surface area (Å²) in [7, 11) is 0. The Kier molecular flexibility index (Phi) is 2.91. The van der Waals surface area contributed by atoms with E-state index in [1.54, 1.807) is 6.07 Å². The molecule has 1 heterocycles. The number of H-pyrrole nitrogens is 1. The van der Waals surface area contributed by atoms with Crippen LogP contribution in [-0.4, -0.2) is 9.97 Å². The van der Waals surface area contributed by atoms with Crippen molar-refractivity contribution in [3.05, 3.63) is 47.0 Å². The predicted molar refractivity (Wildman–Crippen MR) is 80.3 cm³/mol. The minimum absolute atomic E-state index is 0.563. The van der Waals surface area contributed by atoms with E-state index in [4.69, 9.17) is 17.3 Å². The molecule has 3 aromatic rings. The van der Waals surface area contributed by atoms with Crippen molar-refractivity contribution in [2.45, 2.75) is 13.3 Å². The van der Waals surface area contributed by atoms with Crippen LogP contribution in [0.5, 0.6) is 0 Å². The first-order valence-corrected chi connectivity index (χ1v) is 6.59. The number of nitrogens with two attached hydrogens (primary N) is 1. The smallest absolute Gasteiger partial charge is 0.138 e. The molecular weight excluding hydrogens is 258 g/mol. The number of aryl methyl sites for hydroxylation is 1. The third kappa shape index (κ3) is 2.17. The second-order valence-corrected chi connectivity index (χ2v) is 4.93. The van der Waals surface area contributed by atoms with Gasteiger partial charge in [-0.3, -0.25) is 0 Å². The maximum atomic E-state index is 5.93. The molecular formula is C15H14ClN3. The number of fused-ring (bicyclic) bond motifs is 1. The fraction of sp³-hybridized carbons (Fsp3) is 0.133. The lowest BCUT2D eigenvalue weighted by molar-refractivity contribution is 1.14. The first-order chi connectivity index (χ1) is 9.17. The Bertz CT molecular complexity index is 746. The molecule has 2 aromatic carbocycles. The SMILES string of the molecule is CCc1ccc2nc(-c3ccc(Cl)c(N)c3)[nH]c2c1. The number of hydrogen-bond donors (Lipinski definition) is 2. The highest BCUT2D eigenvalue weighted by Gasteiger charge is 2.07. The number of nitrogen functional groups attached to an aromatic ring is 1. The average Bonchev–Trinajstić information content (AvgIpc) is 2.84. The molecule has 3 rings (SSSR count). The molecule has 0 aliphatic carbocycles. The molecule has 4 heteroatoms. The van der Waals surface area contributed by atoms with E-state index in [-0.39, 0.29) is 0 Å². The van der Waals surface area contributed by atoms with Crippen LogP contribution in [0.1, 0.15) is 12.5 Å². The summed E-state index contributed by atoms with van der Waals surface area (Å²) in [4.78, 5) is 7.90. The van der Waals surface area contributed by atoms with Crippen LogP contribution in [0.25, 0.3) is 22.4 Å². The zero-order valence-electron chi connectivity index (χ0n) is 10.6. The fourth-order valence-electron chi connectivity index (χ4n) is 2.10. The first kappa shape index (κ1) is 12.1. The number of aromatic amines is 1. The Labute approximate surface area is 116 Å². The zero-order valence-corrected chi connectivity index (χ0v) is 11.3. The first-order valence-electron chi connectivity index (χ1n) is 6.21. The van der Waals surface area contributed by atoms with Gasteiger partial charge < -0.3 is 10.7 Å². The van der Waals surface area contributed by atoms with Crippen molar-refractivity contribution in [1.82, 2.24) is 9.97 Å². The molecule has 0 unspecified atom stereocenters. The third-order valence-electron chi connectivity index (χ3n) is 3.22. The van der Waals surface area contributed by atoms with Crippen molar-refractivity contribution < 1.29 is 0 Å². The van der Waals surface area contributed by atoms with Crippen LogP contribution in [-0.2, 0) is 6.42 Å². The molecule has 19 heavy (non-hydrogen) atoms. The molecule has 3 nitrogen and oxygen atoms in total. The van der Waals surface area contributed by atoms with E-state index in [0.29, 0.717) is 10.7 Å². The number of halogens is 1. The van der Waals surface area contributed by atoms with Crippen molar-refractivity contribution in [3.8, 4) is 11.4 Å². The topological polar surface area (TPSA) is 54.7 Å². The number of hydrogen-bond acceptors (Lipinski definition) is 2. The lowest BCUT2D eigenvalue weighted by Gasteiger charge is -2.00. The van der Waals surface area contributed by atoms with Gasteiger partial charge in [-0.15, -0.1) is 0 Å². The molecule has 0 saturated heterocycles. The van der Waals surface area contributed by atoms with Crippen molar-refractivity contribution in [3.63, 3.8) is 0 Å². The van der Waals surface area contributed by atoms with E-state index in [2.05, 4.69) is 29.0 Å². The van der Waals surface area contributed by atoms with Crippen LogP contribution < -0.4 is 5.73 Å². The molecule has 0 aliphatic heterocycles. The molecule has 0 radical (unpaired) electrons. The standard InChI is InChI=1S/C15H14ClN3/c1-2-9-3-6-13-14(7-9)19-15(18-13)10-4-5-11(16)12(17)8-10/h3-8H,2,17H2,1H3,(H,18,19). The number of rotatable bonds is 2. The summed E-state index contributed by atoms with van der Waals surface area (Å²) in [6.07, 6.45) is 1.01. The zero-order chi connectivity index (χ0) is 13.4. The highest BCUT2D eigenvalue weighted by molar-refractivity contribution is 6.33. The van der Waals surface area contributed by atoms with Crippen LogP contribution >= 0.6 is 11.6 Å². The van der Waals surface area contributed by atoms with E-state index in [1.165, 1.54) is 5.56 Å². The van der Waals surface area contributed by atoms with Gasteiger partial charge in [-0.05, 0) is 42.3 Å². The van der Waals surface area contributed by atoms with Crippen molar-refractivity contribution in [1.29, 1.82) is 0 Å². The summed E-state index contributed by atoms with van der Waals surface area (Å²) in [6, 6.07) is 11.8. The summed E-state index contributed by atoms with van der Waals surface area (Å²) in [6.45, 7) is 2.14. The van der Waals surface area contributed by atoms with Crippen LogP contribution in [0.15, 0.2) is 36.4 Å². The number of nitrogens with zero attached hydrogens (tertiary/aromatic N) is 1. The van der Waals surface area contributed by atoms with Gasteiger partial charge in [0.15, 0.2) is 0 Å². The quantitative estimate of drug-likeness (QED) is 0.692. The maximum Gasteiger partial charge on any atom is 0.138 e. The molecule has 3 N–H and O–H groups in total. The molecule has 0 spiro atoms. The van der Waals surface area contributed by atoms with Gasteiger partial charge in [0.05, 0.1) is 21.7 Å². The average molecular weight is 272 g/mol. The van der Waals surface area contributed by atoms with E-state index in [1.807, 2.05) is 18.2 Å². The van der Waals surface area contributed by atoms with Gasteiger partial charge in [0.25, 0.3) is 0 Å². The molecule has 0 saturated carbocycles. The highest BCUT2D eigenvalue weighted by Crippen LogP contribution is 2.26. The second kappa shape index (κ2) is 4.59. The lowest BCUT2D eigenvalue weighted by atomic mass is 10.1. The van der Waals surface area contributed by atoms with Gasteiger partial charge in [0, 0.05) is 5.56 Å². The number of benzene rings is 2. The highest BCUT2D eigenvalue weighted by atomic mass is 35.5. The number of imidazole rings is 1. The Hall–Kier alpha value is -2.00. The monoisotopic (exact) mass is 271 g/mol. The van der Waals surface area contributed by atoms with E-state index in [0.717, 1.165) is 28.8 Å². The normalized spacial score (nSPS) is 11.1. The second-order valence-electron chi connectivity index (χ2n) is 4.53. The maximum absolute atomic E-state index is 5.93. The Balaban J connectivity index is 2.11. The van der Waals surface area contributed by atoms with Crippen LogP contribution in [0.4, 0.5) is 5.69 Å². The molecule has 0 amide bonds. The predicted octanol–water partition coefficient (Wildman–Crippen LogP) is 4.03. The largest absolute Gasteiger partial charge is 0.398 e. The van der Waals surface area contributed by atoms with Gasteiger partial charge in [-0.25, -0.2) is 4.98 Å². The van der Waals surface area contributed by atoms with Gasteiger partial charge >= 0.3 is 0 Å². The summed E-state index contributed by atoms with van der Waals surface area (Å²) in [5, 5.41) is 0.563. The number of anilines is 1. The third-order valence-corrected chi connectivity index (χ3v) is 3.57. The van der Waals surface area contributed by atoms with Crippen molar-refractivity contribution in [2.24, 2.45) is 0 Å². The molecule has 1 aromatic heterocycles. The van der Waals surface area contributed by atoms with E-state index >= 15 is 0 Å². The van der Waals surface area contributed by atoms with E-state index in [9.17, 15) is 0 Å². The number of aromatic nitrogens is 2. The Morgan fingerprint density at radius 3 is 2.79 bits per heavy atom. The lowest BCUT2D eigenvalue weighted by Crippen LogP contribution is -1.88. The molecule has 96 valence electrons. The minimum atomic E-state index is 0.563.